The van der Waals surface area contributed by atoms with Gasteiger partial charge in [-0.15, -0.1) is 0 Å². The summed E-state index contributed by atoms with van der Waals surface area (Å²) in [5, 5.41) is 4.02. The van der Waals surface area contributed by atoms with Crippen LogP contribution in [-0.2, 0) is 17.8 Å². The molecule has 2 heterocycles. The number of benzene rings is 1. The minimum atomic E-state index is 0.400. The largest absolute Gasteiger partial charge is 0.493 e. The molecule has 20 heavy (non-hydrogen) atoms. The molecule has 2 aliphatic rings. The number of rotatable bonds is 5. The molecule has 0 saturated heterocycles. The van der Waals surface area contributed by atoms with E-state index in [9.17, 15) is 0 Å². The number of hydrogen-bond donors (Lipinski definition) is 0. The third-order valence-corrected chi connectivity index (χ3v) is 3.69. The first-order chi connectivity index (χ1) is 9.88. The highest BCUT2D eigenvalue weighted by molar-refractivity contribution is 5.59. The number of nitrogens with zero attached hydrogens (tertiary/aromatic N) is 2. The van der Waals surface area contributed by atoms with Crippen molar-refractivity contribution in [2.45, 2.75) is 25.9 Å². The fourth-order valence-electron chi connectivity index (χ4n) is 2.35. The van der Waals surface area contributed by atoms with E-state index >= 15 is 0 Å². The molecular weight excluding hydrogens is 256 g/mol. The first-order valence-electron chi connectivity index (χ1n) is 7.05. The number of fused-ring (bicyclic) bond motifs is 1. The van der Waals surface area contributed by atoms with Crippen LogP contribution in [0.3, 0.4) is 0 Å². The van der Waals surface area contributed by atoms with Crippen LogP contribution < -0.4 is 4.74 Å². The minimum absolute atomic E-state index is 0.400. The third-order valence-electron chi connectivity index (χ3n) is 3.69. The standard InChI is InChI=1S/C15H16N2O3/c1-2-10(1)8-18-9-14-16-15(17-20-14)12-3-4-13-11(7-12)5-6-19-13/h3-4,7,10H,1-2,5-6,8-9H2. The number of aromatic nitrogens is 2. The highest BCUT2D eigenvalue weighted by Gasteiger charge is 2.21. The van der Waals surface area contributed by atoms with Crippen LogP contribution in [0.5, 0.6) is 5.75 Å². The fraction of sp³-hybridized carbons (Fsp3) is 0.467. The molecule has 0 N–H and O–H groups in total. The lowest BCUT2D eigenvalue weighted by Gasteiger charge is -1.99. The monoisotopic (exact) mass is 272 g/mol. The summed E-state index contributed by atoms with van der Waals surface area (Å²) in [7, 11) is 0. The van der Waals surface area contributed by atoms with Crippen LogP contribution in [0.4, 0.5) is 0 Å². The van der Waals surface area contributed by atoms with Crippen LogP contribution in [0.2, 0.25) is 0 Å². The van der Waals surface area contributed by atoms with Gasteiger partial charge < -0.3 is 14.0 Å². The van der Waals surface area contributed by atoms with Crippen molar-refractivity contribution in [3.63, 3.8) is 0 Å². The van der Waals surface area contributed by atoms with Gasteiger partial charge in [-0.1, -0.05) is 5.16 Å². The van der Waals surface area contributed by atoms with Crippen molar-refractivity contribution in [2.24, 2.45) is 5.92 Å². The molecule has 0 radical (unpaired) electrons. The van der Waals surface area contributed by atoms with E-state index in [1.807, 2.05) is 12.1 Å². The first kappa shape index (κ1) is 11.9. The zero-order chi connectivity index (χ0) is 13.4. The van der Waals surface area contributed by atoms with E-state index in [1.165, 1.54) is 18.4 Å². The zero-order valence-corrected chi connectivity index (χ0v) is 11.2. The third kappa shape index (κ3) is 2.41. The Hall–Kier alpha value is -1.88. The van der Waals surface area contributed by atoms with Gasteiger partial charge >= 0.3 is 0 Å². The van der Waals surface area contributed by atoms with Crippen molar-refractivity contribution in [2.75, 3.05) is 13.2 Å². The Balaban J connectivity index is 1.46. The molecule has 0 bridgehead atoms. The molecule has 4 rings (SSSR count). The van der Waals surface area contributed by atoms with E-state index in [2.05, 4.69) is 16.2 Å². The Morgan fingerprint density at radius 2 is 2.25 bits per heavy atom. The Kier molecular flexibility index (Phi) is 2.92. The van der Waals surface area contributed by atoms with Crippen LogP contribution in [0.1, 0.15) is 24.3 Å². The first-order valence-corrected chi connectivity index (χ1v) is 7.05. The molecule has 2 aromatic rings. The van der Waals surface area contributed by atoms with Crippen molar-refractivity contribution < 1.29 is 14.0 Å². The highest BCUT2D eigenvalue weighted by atomic mass is 16.5. The highest BCUT2D eigenvalue weighted by Crippen LogP contribution is 2.30. The van der Waals surface area contributed by atoms with E-state index in [4.69, 9.17) is 14.0 Å². The van der Waals surface area contributed by atoms with Crippen molar-refractivity contribution in [1.29, 1.82) is 0 Å². The summed E-state index contributed by atoms with van der Waals surface area (Å²) in [4.78, 5) is 4.38. The number of ether oxygens (including phenoxy) is 2. The van der Waals surface area contributed by atoms with E-state index in [0.29, 0.717) is 18.3 Å². The molecule has 0 spiro atoms. The maximum atomic E-state index is 5.55. The summed E-state index contributed by atoms with van der Waals surface area (Å²) in [6, 6.07) is 6.00. The van der Waals surface area contributed by atoms with Crippen molar-refractivity contribution >= 4 is 0 Å². The summed E-state index contributed by atoms with van der Waals surface area (Å²) in [5.41, 5.74) is 2.17. The maximum Gasteiger partial charge on any atom is 0.252 e. The lowest BCUT2D eigenvalue weighted by molar-refractivity contribution is 0.0894. The van der Waals surface area contributed by atoms with Crippen molar-refractivity contribution in [1.82, 2.24) is 10.1 Å². The van der Waals surface area contributed by atoms with Gasteiger partial charge in [-0.25, -0.2) is 0 Å². The summed E-state index contributed by atoms with van der Waals surface area (Å²) < 4.78 is 16.3. The summed E-state index contributed by atoms with van der Waals surface area (Å²) >= 11 is 0. The summed E-state index contributed by atoms with van der Waals surface area (Å²) in [5.74, 6) is 2.86. The number of hydrogen-bond acceptors (Lipinski definition) is 5. The molecule has 0 amide bonds. The SMILES string of the molecule is c1cc2c(cc1-c1noc(COCC3CC3)n1)CCO2. The molecule has 1 aromatic heterocycles. The van der Waals surface area contributed by atoms with Crippen molar-refractivity contribution in [3.8, 4) is 17.1 Å². The molecule has 1 aliphatic heterocycles. The van der Waals surface area contributed by atoms with Crippen LogP contribution >= 0.6 is 0 Å². The molecule has 5 heteroatoms. The Labute approximate surface area is 116 Å². The molecule has 0 atom stereocenters. The van der Waals surface area contributed by atoms with Gasteiger partial charge in [0.2, 0.25) is 5.82 Å². The van der Waals surface area contributed by atoms with Crippen LogP contribution in [0.25, 0.3) is 11.4 Å². The summed E-state index contributed by atoms with van der Waals surface area (Å²) in [6.07, 6.45) is 3.51. The van der Waals surface area contributed by atoms with Gasteiger partial charge in [-0.3, -0.25) is 0 Å². The van der Waals surface area contributed by atoms with Crippen LogP contribution in [0, 0.1) is 5.92 Å². The molecule has 104 valence electrons. The smallest absolute Gasteiger partial charge is 0.252 e. The van der Waals surface area contributed by atoms with E-state index in [-0.39, 0.29) is 0 Å². The van der Waals surface area contributed by atoms with Crippen LogP contribution in [-0.4, -0.2) is 23.4 Å². The second-order valence-electron chi connectivity index (χ2n) is 5.39. The maximum absolute atomic E-state index is 5.55. The zero-order valence-electron chi connectivity index (χ0n) is 11.2. The van der Waals surface area contributed by atoms with Crippen molar-refractivity contribution in [3.05, 3.63) is 29.7 Å². The van der Waals surface area contributed by atoms with Gasteiger partial charge in [-0.05, 0) is 42.5 Å². The predicted molar refractivity (Wildman–Crippen MR) is 71.3 cm³/mol. The minimum Gasteiger partial charge on any atom is -0.493 e. The second-order valence-corrected chi connectivity index (χ2v) is 5.39. The van der Waals surface area contributed by atoms with E-state index < -0.39 is 0 Å². The molecule has 1 aliphatic carbocycles. The van der Waals surface area contributed by atoms with Gasteiger partial charge in [-0.2, -0.15) is 4.98 Å². The molecule has 5 nitrogen and oxygen atoms in total. The second kappa shape index (κ2) is 4.90. The molecule has 1 aromatic carbocycles. The van der Waals surface area contributed by atoms with E-state index in [1.54, 1.807) is 0 Å². The van der Waals surface area contributed by atoms with Gasteiger partial charge in [0, 0.05) is 12.0 Å². The Morgan fingerprint density at radius 3 is 3.15 bits per heavy atom. The predicted octanol–water partition coefficient (Wildman–Crippen LogP) is 2.60. The average molecular weight is 272 g/mol. The van der Waals surface area contributed by atoms with E-state index in [0.717, 1.165) is 36.9 Å². The Bertz CT molecular complexity index is 619. The van der Waals surface area contributed by atoms with Gasteiger partial charge in [0.05, 0.1) is 13.2 Å². The fourth-order valence-corrected chi connectivity index (χ4v) is 2.35. The summed E-state index contributed by atoms with van der Waals surface area (Å²) in [6.45, 7) is 1.96. The van der Waals surface area contributed by atoms with Crippen LogP contribution in [0.15, 0.2) is 22.7 Å². The molecule has 1 fully saturated rings. The van der Waals surface area contributed by atoms with Gasteiger partial charge in [0.1, 0.15) is 12.4 Å². The Morgan fingerprint density at radius 1 is 1.30 bits per heavy atom. The van der Waals surface area contributed by atoms with Gasteiger partial charge in [0.15, 0.2) is 0 Å². The quantitative estimate of drug-likeness (QED) is 0.837. The van der Waals surface area contributed by atoms with Gasteiger partial charge in [0.25, 0.3) is 5.89 Å². The molecule has 0 unspecified atom stereocenters. The molecular formula is C15H16N2O3. The topological polar surface area (TPSA) is 57.4 Å². The molecule has 1 saturated carbocycles. The average Bonchev–Trinajstić information content (AvgIpc) is 2.99. The lowest BCUT2D eigenvalue weighted by Crippen LogP contribution is -1.97. The normalized spacial score (nSPS) is 17.0. The lowest BCUT2D eigenvalue weighted by atomic mass is 10.1.